The third-order valence-corrected chi connectivity index (χ3v) is 4.28. The van der Waals surface area contributed by atoms with Crippen molar-refractivity contribution in [2.45, 2.75) is 12.8 Å². The predicted octanol–water partition coefficient (Wildman–Crippen LogP) is 2.16. The molecule has 1 aliphatic heterocycles. The predicted molar refractivity (Wildman–Crippen MR) is 81.5 cm³/mol. The van der Waals surface area contributed by atoms with Crippen LogP contribution >= 0.6 is 23.2 Å². The van der Waals surface area contributed by atoms with E-state index in [0.29, 0.717) is 23.8 Å². The molecule has 2 rings (SSSR count). The molecule has 2 amide bonds. The van der Waals surface area contributed by atoms with Gasteiger partial charge in [0, 0.05) is 19.7 Å². The van der Waals surface area contributed by atoms with Crippen molar-refractivity contribution in [3.8, 4) is 0 Å². The van der Waals surface area contributed by atoms with Crippen molar-refractivity contribution >= 4 is 40.7 Å². The number of hydrogen-bond donors (Lipinski definition) is 2. The fourth-order valence-corrected chi connectivity index (χ4v) is 2.67. The van der Waals surface area contributed by atoms with Gasteiger partial charge in [-0.1, -0.05) is 29.3 Å². The minimum absolute atomic E-state index is 0.0194. The number of anilines is 1. The number of hydrogen-bond acceptors (Lipinski definition) is 3. The highest BCUT2D eigenvalue weighted by Gasteiger charge is 2.27. The van der Waals surface area contributed by atoms with Crippen molar-refractivity contribution in [2.75, 3.05) is 25.0 Å². The Hall–Kier alpha value is -1.30. The molecule has 0 saturated carbocycles. The van der Waals surface area contributed by atoms with E-state index in [2.05, 4.69) is 5.32 Å². The van der Waals surface area contributed by atoms with Crippen LogP contribution in [0.4, 0.5) is 5.69 Å². The van der Waals surface area contributed by atoms with Crippen LogP contribution in [0.15, 0.2) is 18.2 Å². The van der Waals surface area contributed by atoms with E-state index in [1.54, 1.807) is 18.2 Å². The van der Waals surface area contributed by atoms with Crippen molar-refractivity contribution in [3.63, 3.8) is 0 Å². The van der Waals surface area contributed by atoms with Gasteiger partial charge in [0.25, 0.3) is 0 Å². The van der Waals surface area contributed by atoms with E-state index in [4.69, 9.17) is 28.3 Å². The van der Waals surface area contributed by atoms with E-state index in [0.717, 1.165) is 12.8 Å². The Morgan fingerprint density at radius 2 is 2.14 bits per heavy atom. The van der Waals surface area contributed by atoms with Crippen LogP contribution in [0.25, 0.3) is 0 Å². The molecule has 1 fully saturated rings. The Balaban J connectivity index is 2.02. The minimum Gasteiger partial charge on any atom is -0.396 e. The Labute approximate surface area is 132 Å². The lowest BCUT2D eigenvalue weighted by molar-refractivity contribution is -0.144. The first-order valence-electron chi connectivity index (χ1n) is 6.68. The molecule has 114 valence electrons. The van der Waals surface area contributed by atoms with Gasteiger partial charge in [-0.2, -0.15) is 0 Å². The average molecular weight is 331 g/mol. The number of carbonyl (C=O) groups excluding carboxylic acids is 2. The number of aliphatic hydroxyl groups excluding tert-OH is 1. The van der Waals surface area contributed by atoms with Crippen LogP contribution in [0.2, 0.25) is 10.0 Å². The number of amides is 2. The molecule has 0 aromatic heterocycles. The molecule has 0 bridgehead atoms. The van der Waals surface area contributed by atoms with Crippen molar-refractivity contribution in [2.24, 2.45) is 5.92 Å². The van der Waals surface area contributed by atoms with Gasteiger partial charge in [0.2, 0.25) is 0 Å². The summed E-state index contributed by atoms with van der Waals surface area (Å²) in [7, 11) is 0. The molecule has 5 nitrogen and oxygen atoms in total. The van der Waals surface area contributed by atoms with E-state index < -0.39 is 11.8 Å². The monoisotopic (exact) mass is 330 g/mol. The molecule has 21 heavy (non-hydrogen) atoms. The Morgan fingerprint density at radius 3 is 2.86 bits per heavy atom. The summed E-state index contributed by atoms with van der Waals surface area (Å²) < 4.78 is 0. The summed E-state index contributed by atoms with van der Waals surface area (Å²) in [6, 6.07) is 4.81. The Kier molecular flexibility index (Phi) is 5.45. The zero-order chi connectivity index (χ0) is 15.4. The first kappa shape index (κ1) is 16.1. The lowest BCUT2D eigenvalue weighted by atomic mass is 9.99. The number of carbonyl (C=O) groups is 2. The number of likely N-dealkylation sites (tertiary alicyclic amines) is 1. The van der Waals surface area contributed by atoms with Crippen LogP contribution in [0.1, 0.15) is 12.8 Å². The van der Waals surface area contributed by atoms with E-state index >= 15 is 0 Å². The van der Waals surface area contributed by atoms with Crippen molar-refractivity contribution in [1.29, 1.82) is 0 Å². The number of aliphatic hydroxyl groups is 1. The fourth-order valence-electron chi connectivity index (χ4n) is 2.32. The number of rotatable bonds is 2. The molecule has 1 unspecified atom stereocenters. The van der Waals surface area contributed by atoms with E-state index in [9.17, 15) is 9.59 Å². The molecule has 1 aliphatic rings. The summed E-state index contributed by atoms with van der Waals surface area (Å²) in [5.41, 5.74) is 0.304. The normalized spacial score (nSPS) is 18.4. The molecule has 0 spiro atoms. The van der Waals surface area contributed by atoms with Crippen LogP contribution in [0.3, 0.4) is 0 Å². The SMILES string of the molecule is O=C(Nc1cccc(Cl)c1Cl)C(=O)N1CCCC(CO)C1. The van der Waals surface area contributed by atoms with Crippen LogP contribution in [-0.2, 0) is 9.59 Å². The topological polar surface area (TPSA) is 69.6 Å². The van der Waals surface area contributed by atoms with Crippen LogP contribution in [0, 0.1) is 5.92 Å². The van der Waals surface area contributed by atoms with E-state index in [1.165, 1.54) is 4.90 Å². The van der Waals surface area contributed by atoms with Gasteiger partial charge < -0.3 is 15.3 Å². The number of benzene rings is 1. The molecule has 2 N–H and O–H groups in total. The van der Waals surface area contributed by atoms with Gasteiger partial charge in [0.05, 0.1) is 15.7 Å². The van der Waals surface area contributed by atoms with Gasteiger partial charge in [-0.3, -0.25) is 9.59 Å². The maximum absolute atomic E-state index is 12.1. The second-order valence-corrected chi connectivity index (χ2v) is 5.78. The van der Waals surface area contributed by atoms with Crippen LogP contribution in [0.5, 0.6) is 0 Å². The molecule has 7 heteroatoms. The number of halogens is 2. The lowest BCUT2D eigenvalue weighted by Gasteiger charge is -2.31. The van der Waals surface area contributed by atoms with Crippen molar-refractivity contribution in [3.05, 3.63) is 28.2 Å². The zero-order valence-corrected chi connectivity index (χ0v) is 12.8. The summed E-state index contributed by atoms with van der Waals surface area (Å²) in [5, 5.41) is 12.1. The van der Waals surface area contributed by atoms with Crippen LogP contribution < -0.4 is 5.32 Å². The quantitative estimate of drug-likeness (QED) is 0.816. The van der Waals surface area contributed by atoms with Crippen molar-refractivity contribution in [1.82, 2.24) is 4.90 Å². The molecule has 1 atom stereocenters. The summed E-state index contributed by atoms with van der Waals surface area (Å²) in [6.45, 7) is 0.934. The first-order valence-corrected chi connectivity index (χ1v) is 7.43. The smallest absolute Gasteiger partial charge is 0.313 e. The van der Waals surface area contributed by atoms with Crippen molar-refractivity contribution < 1.29 is 14.7 Å². The number of nitrogens with one attached hydrogen (secondary N) is 1. The highest BCUT2D eigenvalue weighted by molar-refractivity contribution is 6.45. The van der Waals surface area contributed by atoms with Gasteiger partial charge in [0.15, 0.2) is 0 Å². The molecule has 0 radical (unpaired) electrons. The molecule has 1 aromatic rings. The summed E-state index contributed by atoms with van der Waals surface area (Å²) in [6.07, 6.45) is 1.64. The van der Waals surface area contributed by atoms with Gasteiger partial charge in [-0.25, -0.2) is 0 Å². The van der Waals surface area contributed by atoms with E-state index in [1.807, 2.05) is 0 Å². The molecule has 0 aliphatic carbocycles. The van der Waals surface area contributed by atoms with Gasteiger partial charge in [-0.15, -0.1) is 0 Å². The summed E-state index contributed by atoms with van der Waals surface area (Å²) in [4.78, 5) is 25.6. The number of piperidine rings is 1. The largest absolute Gasteiger partial charge is 0.396 e. The third-order valence-electron chi connectivity index (χ3n) is 3.46. The van der Waals surface area contributed by atoms with E-state index in [-0.39, 0.29) is 17.5 Å². The minimum atomic E-state index is -0.752. The second-order valence-electron chi connectivity index (χ2n) is 5.00. The second kappa shape index (κ2) is 7.11. The maximum atomic E-state index is 12.1. The summed E-state index contributed by atoms with van der Waals surface area (Å²) >= 11 is 11.8. The maximum Gasteiger partial charge on any atom is 0.313 e. The Morgan fingerprint density at radius 1 is 1.38 bits per heavy atom. The molecule has 1 aromatic carbocycles. The first-order chi connectivity index (χ1) is 10.0. The van der Waals surface area contributed by atoms with Gasteiger partial charge >= 0.3 is 11.8 Å². The Bertz CT molecular complexity index is 551. The highest BCUT2D eigenvalue weighted by Crippen LogP contribution is 2.29. The summed E-state index contributed by atoms with van der Waals surface area (Å²) in [5.74, 6) is -1.34. The molecular formula is C14H16Cl2N2O3. The molecule has 1 saturated heterocycles. The van der Waals surface area contributed by atoms with Crippen LogP contribution in [-0.4, -0.2) is 41.5 Å². The standard InChI is InChI=1S/C14H16Cl2N2O3/c15-10-4-1-5-11(12(10)16)17-13(20)14(21)18-6-2-3-9(7-18)8-19/h1,4-5,9,19H,2-3,6-8H2,(H,17,20). The zero-order valence-electron chi connectivity index (χ0n) is 11.3. The van der Waals surface area contributed by atoms with Gasteiger partial charge in [-0.05, 0) is 30.9 Å². The van der Waals surface area contributed by atoms with Gasteiger partial charge in [0.1, 0.15) is 0 Å². The number of nitrogens with zero attached hydrogens (tertiary/aromatic N) is 1. The lowest BCUT2D eigenvalue weighted by Crippen LogP contribution is -2.45. The molecular weight excluding hydrogens is 315 g/mol. The highest BCUT2D eigenvalue weighted by atomic mass is 35.5. The average Bonchev–Trinajstić information content (AvgIpc) is 2.51. The molecule has 1 heterocycles. The third kappa shape index (κ3) is 3.87. The fraction of sp³-hybridized carbons (Fsp3) is 0.429.